The molecule has 0 aliphatic heterocycles. The molecule has 0 aliphatic carbocycles. The Balaban J connectivity index is 3.27. The maximum Gasteiger partial charge on any atom is 0.250 e. The second kappa shape index (κ2) is 5.45. The summed E-state index contributed by atoms with van der Waals surface area (Å²) in [5.74, 6) is 2.20. The Morgan fingerprint density at radius 1 is 0.947 bits per heavy atom. The minimum atomic E-state index is -1.92. The number of rotatable bonds is 4. The molecule has 0 spiro atoms. The molecule has 108 valence electrons. The zero-order valence-electron chi connectivity index (χ0n) is 13.4. The van der Waals surface area contributed by atoms with E-state index in [0.29, 0.717) is 0 Å². The predicted octanol–water partition coefficient (Wildman–Crippen LogP) is 4.40. The quantitative estimate of drug-likeness (QED) is 0.766. The van der Waals surface area contributed by atoms with Crippen LogP contribution in [0, 0.1) is 6.92 Å². The lowest BCUT2D eigenvalue weighted by molar-refractivity contribution is 0.354. The smallest absolute Gasteiger partial charge is 0.250 e. The third kappa shape index (κ3) is 3.44. The minimum absolute atomic E-state index is 0.133. The van der Waals surface area contributed by atoms with Crippen molar-refractivity contribution in [1.29, 1.82) is 0 Å². The Morgan fingerprint density at radius 2 is 1.37 bits per heavy atom. The van der Waals surface area contributed by atoms with Crippen LogP contribution in [-0.2, 0) is 0 Å². The number of hydrogen-bond donors (Lipinski definition) is 0. The van der Waals surface area contributed by atoms with Gasteiger partial charge >= 0.3 is 0 Å². The molecule has 0 atom stereocenters. The Labute approximate surface area is 118 Å². The monoisotopic (exact) mass is 282 g/mol. The second-order valence-electron chi connectivity index (χ2n) is 6.36. The highest BCUT2D eigenvalue weighted by Crippen LogP contribution is 2.44. The second-order valence-corrected chi connectivity index (χ2v) is 11.1. The molecule has 0 saturated heterocycles. The standard InChI is InChI=1S/C15H26O3Si/c1-11-9-12(16-5)14(13(10-11)17-6)18-19(7,8)15(2,3)4/h9-10H,1-8H3. The van der Waals surface area contributed by atoms with Crippen molar-refractivity contribution in [2.45, 2.75) is 45.8 Å². The van der Waals surface area contributed by atoms with Crippen molar-refractivity contribution in [3.8, 4) is 17.2 Å². The lowest BCUT2D eigenvalue weighted by Crippen LogP contribution is -2.44. The molecule has 1 aromatic carbocycles. The van der Waals surface area contributed by atoms with E-state index in [9.17, 15) is 0 Å². The lowest BCUT2D eigenvalue weighted by atomic mass is 10.2. The molecular formula is C15H26O3Si. The van der Waals surface area contributed by atoms with Gasteiger partial charge in [-0.2, -0.15) is 0 Å². The fourth-order valence-electron chi connectivity index (χ4n) is 1.52. The van der Waals surface area contributed by atoms with Gasteiger partial charge < -0.3 is 13.9 Å². The normalized spacial score (nSPS) is 12.2. The van der Waals surface area contributed by atoms with Gasteiger partial charge in [0, 0.05) is 0 Å². The number of methoxy groups -OCH3 is 2. The van der Waals surface area contributed by atoms with E-state index in [4.69, 9.17) is 13.9 Å². The molecule has 0 N–H and O–H groups in total. The highest BCUT2D eigenvalue weighted by molar-refractivity contribution is 6.74. The summed E-state index contributed by atoms with van der Waals surface area (Å²) in [6.45, 7) is 13.1. The first-order valence-corrected chi connectivity index (χ1v) is 9.45. The summed E-state index contributed by atoms with van der Waals surface area (Å²) in [7, 11) is 1.40. The van der Waals surface area contributed by atoms with Crippen molar-refractivity contribution in [2.75, 3.05) is 14.2 Å². The average molecular weight is 282 g/mol. The van der Waals surface area contributed by atoms with E-state index in [1.54, 1.807) is 14.2 Å². The van der Waals surface area contributed by atoms with Crippen LogP contribution in [0.15, 0.2) is 12.1 Å². The van der Waals surface area contributed by atoms with E-state index in [0.717, 1.165) is 22.8 Å². The van der Waals surface area contributed by atoms with Crippen LogP contribution in [0.3, 0.4) is 0 Å². The van der Waals surface area contributed by atoms with E-state index in [2.05, 4.69) is 33.9 Å². The Hall–Kier alpha value is -1.16. The number of ether oxygens (including phenoxy) is 2. The fourth-order valence-corrected chi connectivity index (χ4v) is 2.54. The van der Waals surface area contributed by atoms with Gasteiger partial charge in [0.05, 0.1) is 14.2 Å². The van der Waals surface area contributed by atoms with Crippen LogP contribution < -0.4 is 13.9 Å². The van der Waals surface area contributed by atoms with E-state index in [1.807, 2.05) is 19.1 Å². The molecule has 1 aromatic rings. The lowest BCUT2D eigenvalue weighted by Gasteiger charge is -2.37. The maximum atomic E-state index is 6.35. The molecule has 0 amide bonds. The van der Waals surface area contributed by atoms with Crippen molar-refractivity contribution in [2.24, 2.45) is 0 Å². The van der Waals surface area contributed by atoms with Crippen molar-refractivity contribution in [3.63, 3.8) is 0 Å². The van der Waals surface area contributed by atoms with Gasteiger partial charge in [-0.05, 0) is 42.8 Å². The van der Waals surface area contributed by atoms with Gasteiger partial charge in [0.2, 0.25) is 0 Å². The summed E-state index contributed by atoms with van der Waals surface area (Å²) in [4.78, 5) is 0. The largest absolute Gasteiger partial charge is 0.539 e. The highest BCUT2D eigenvalue weighted by atomic mass is 28.4. The van der Waals surface area contributed by atoms with Crippen LogP contribution in [0.5, 0.6) is 17.2 Å². The first-order chi connectivity index (χ1) is 8.62. The molecule has 0 saturated carbocycles. The van der Waals surface area contributed by atoms with E-state index < -0.39 is 8.32 Å². The first-order valence-electron chi connectivity index (χ1n) is 6.54. The molecule has 0 unspecified atom stereocenters. The summed E-state index contributed by atoms with van der Waals surface area (Å²) < 4.78 is 17.2. The van der Waals surface area contributed by atoms with Crippen LogP contribution in [0.1, 0.15) is 26.3 Å². The summed E-state index contributed by atoms with van der Waals surface area (Å²) >= 11 is 0. The number of benzene rings is 1. The minimum Gasteiger partial charge on any atom is -0.539 e. The third-order valence-corrected chi connectivity index (χ3v) is 8.10. The Kier molecular flexibility index (Phi) is 4.56. The fraction of sp³-hybridized carbons (Fsp3) is 0.600. The van der Waals surface area contributed by atoms with Crippen LogP contribution in [0.2, 0.25) is 18.1 Å². The number of aryl methyl sites for hydroxylation is 1. The molecule has 1 rings (SSSR count). The van der Waals surface area contributed by atoms with Gasteiger partial charge in [0.1, 0.15) is 0 Å². The highest BCUT2D eigenvalue weighted by Gasteiger charge is 2.40. The molecule has 0 heterocycles. The SMILES string of the molecule is COc1cc(C)cc(OC)c1O[Si](C)(C)C(C)(C)C. The van der Waals surface area contributed by atoms with Crippen LogP contribution in [-0.4, -0.2) is 22.5 Å². The van der Waals surface area contributed by atoms with Gasteiger partial charge in [-0.15, -0.1) is 0 Å². The zero-order valence-corrected chi connectivity index (χ0v) is 14.4. The van der Waals surface area contributed by atoms with Gasteiger partial charge in [0.15, 0.2) is 17.2 Å². The van der Waals surface area contributed by atoms with Gasteiger partial charge in [0.25, 0.3) is 8.32 Å². The molecule has 19 heavy (non-hydrogen) atoms. The molecule has 0 aromatic heterocycles. The van der Waals surface area contributed by atoms with Crippen LogP contribution in [0.25, 0.3) is 0 Å². The molecular weight excluding hydrogens is 256 g/mol. The van der Waals surface area contributed by atoms with Crippen LogP contribution in [0.4, 0.5) is 0 Å². The predicted molar refractivity (Wildman–Crippen MR) is 82.1 cm³/mol. The summed E-state index contributed by atoms with van der Waals surface area (Å²) in [6.07, 6.45) is 0. The van der Waals surface area contributed by atoms with Crippen molar-refractivity contribution in [3.05, 3.63) is 17.7 Å². The molecule has 0 fully saturated rings. The Morgan fingerprint density at radius 3 is 1.68 bits per heavy atom. The van der Waals surface area contributed by atoms with Gasteiger partial charge in [-0.1, -0.05) is 20.8 Å². The first kappa shape index (κ1) is 15.9. The molecule has 0 radical (unpaired) electrons. The van der Waals surface area contributed by atoms with Crippen molar-refractivity contribution >= 4 is 8.32 Å². The van der Waals surface area contributed by atoms with Gasteiger partial charge in [-0.25, -0.2) is 0 Å². The van der Waals surface area contributed by atoms with E-state index >= 15 is 0 Å². The average Bonchev–Trinajstić information content (AvgIpc) is 2.28. The maximum absolute atomic E-state index is 6.35. The number of hydrogen-bond acceptors (Lipinski definition) is 3. The third-order valence-electron chi connectivity index (χ3n) is 3.77. The summed E-state index contributed by atoms with van der Waals surface area (Å²) in [5, 5.41) is 0.133. The van der Waals surface area contributed by atoms with E-state index in [1.165, 1.54) is 0 Å². The van der Waals surface area contributed by atoms with Gasteiger partial charge in [-0.3, -0.25) is 0 Å². The Bertz CT molecular complexity index is 422. The summed E-state index contributed by atoms with van der Waals surface area (Å²) in [5.41, 5.74) is 1.09. The topological polar surface area (TPSA) is 27.7 Å². The van der Waals surface area contributed by atoms with Crippen LogP contribution >= 0.6 is 0 Å². The van der Waals surface area contributed by atoms with Crippen molar-refractivity contribution < 1.29 is 13.9 Å². The molecule has 0 aliphatic rings. The zero-order chi connectivity index (χ0) is 14.8. The van der Waals surface area contributed by atoms with E-state index in [-0.39, 0.29) is 5.04 Å². The summed E-state index contributed by atoms with van der Waals surface area (Å²) in [6, 6.07) is 3.95. The molecule has 3 nitrogen and oxygen atoms in total. The van der Waals surface area contributed by atoms with Crippen molar-refractivity contribution in [1.82, 2.24) is 0 Å². The molecule has 4 heteroatoms. The molecule has 0 bridgehead atoms.